The molecule has 2 heteroatoms. The van der Waals surface area contributed by atoms with Crippen molar-refractivity contribution in [2.24, 2.45) is 0 Å². The van der Waals surface area contributed by atoms with Crippen LogP contribution in [0.15, 0.2) is 30.3 Å². The fourth-order valence-corrected chi connectivity index (χ4v) is 1.08. The van der Waals surface area contributed by atoms with Gasteiger partial charge in [-0.3, -0.25) is 0 Å². The first-order valence-corrected chi connectivity index (χ1v) is 4.37. The topological polar surface area (TPSA) is 29.5 Å². The van der Waals surface area contributed by atoms with Gasteiger partial charge in [-0.25, -0.2) is 0 Å². The van der Waals surface area contributed by atoms with E-state index in [1.54, 1.807) is 6.08 Å². The number of benzene rings is 1. The number of aliphatic hydroxyl groups is 1. The first kappa shape index (κ1) is 9.81. The zero-order valence-corrected chi connectivity index (χ0v) is 7.73. The Morgan fingerprint density at radius 1 is 1.38 bits per heavy atom. The summed E-state index contributed by atoms with van der Waals surface area (Å²) in [5, 5.41) is 8.62. The van der Waals surface area contributed by atoms with Crippen molar-refractivity contribution in [3.05, 3.63) is 35.9 Å². The number of hydrogen-bond acceptors (Lipinski definition) is 2. The molecule has 0 fully saturated rings. The first-order valence-electron chi connectivity index (χ1n) is 4.37. The van der Waals surface area contributed by atoms with Crippen LogP contribution in [0.1, 0.15) is 12.5 Å². The average molecular weight is 178 g/mol. The van der Waals surface area contributed by atoms with Gasteiger partial charge in [0.05, 0.1) is 13.2 Å². The van der Waals surface area contributed by atoms with E-state index in [1.807, 2.05) is 37.3 Å². The summed E-state index contributed by atoms with van der Waals surface area (Å²) in [6.07, 6.45) is 3.54. The first-order chi connectivity index (χ1) is 6.38. The lowest BCUT2D eigenvalue weighted by molar-refractivity contribution is 0.339. The quantitative estimate of drug-likeness (QED) is 0.765. The van der Waals surface area contributed by atoms with Crippen LogP contribution in [0.25, 0.3) is 6.08 Å². The van der Waals surface area contributed by atoms with Gasteiger partial charge in [-0.15, -0.1) is 0 Å². The van der Waals surface area contributed by atoms with Gasteiger partial charge < -0.3 is 9.84 Å². The highest BCUT2D eigenvalue weighted by Gasteiger charge is 1.96. The lowest BCUT2D eigenvalue weighted by Crippen LogP contribution is -1.93. The molecule has 70 valence electrons. The maximum Gasteiger partial charge on any atom is 0.126 e. The summed E-state index contributed by atoms with van der Waals surface area (Å²) < 4.78 is 5.40. The molecule has 1 aromatic rings. The summed E-state index contributed by atoms with van der Waals surface area (Å²) >= 11 is 0. The molecule has 0 aliphatic carbocycles. The highest BCUT2D eigenvalue weighted by Crippen LogP contribution is 2.18. The lowest BCUT2D eigenvalue weighted by Gasteiger charge is -2.05. The molecule has 0 spiro atoms. The minimum atomic E-state index is 0.0560. The predicted octanol–water partition coefficient (Wildman–Crippen LogP) is 2.09. The molecule has 0 atom stereocenters. The van der Waals surface area contributed by atoms with Crippen LogP contribution in [0, 0.1) is 0 Å². The molecule has 2 nitrogen and oxygen atoms in total. The highest BCUT2D eigenvalue weighted by atomic mass is 16.5. The maximum atomic E-state index is 8.62. The standard InChI is InChI=1S/C11H14O2/c1-2-13-11-8-4-3-6-10(11)7-5-9-12/h3-8,12H,2,9H2,1H3. The Morgan fingerprint density at radius 3 is 2.85 bits per heavy atom. The molecule has 0 aromatic heterocycles. The van der Waals surface area contributed by atoms with E-state index in [0.29, 0.717) is 6.61 Å². The molecule has 0 saturated carbocycles. The van der Waals surface area contributed by atoms with Crippen molar-refractivity contribution < 1.29 is 9.84 Å². The second-order valence-electron chi connectivity index (χ2n) is 2.56. The van der Waals surface area contributed by atoms with E-state index in [2.05, 4.69) is 0 Å². The zero-order valence-electron chi connectivity index (χ0n) is 7.73. The van der Waals surface area contributed by atoms with Gasteiger partial charge in [0.2, 0.25) is 0 Å². The van der Waals surface area contributed by atoms with Crippen LogP contribution < -0.4 is 4.74 Å². The Balaban J connectivity index is 2.84. The van der Waals surface area contributed by atoms with Crippen LogP contribution in [0.3, 0.4) is 0 Å². The Bertz CT molecular complexity index is 279. The third kappa shape index (κ3) is 2.92. The van der Waals surface area contributed by atoms with Gasteiger partial charge in [0.25, 0.3) is 0 Å². The smallest absolute Gasteiger partial charge is 0.126 e. The Kier molecular flexibility index (Phi) is 4.06. The Labute approximate surface area is 78.5 Å². The van der Waals surface area contributed by atoms with Crippen molar-refractivity contribution in [3.8, 4) is 5.75 Å². The molecule has 1 N–H and O–H groups in total. The van der Waals surface area contributed by atoms with Crippen LogP contribution in [-0.2, 0) is 0 Å². The van der Waals surface area contributed by atoms with Crippen LogP contribution in [0.2, 0.25) is 0 Å². The van der Waals surface area contributed by atoms with Crippen molar-refractivity contribution in [3.63, 3.8) is 0 Å². The second-order valence-corrected chi connectivity index (χ2v) is 2.56. The fraction of sp³-hybridized carbons (Fsp3) is 0.273. The van der Waals surface area contributed by atoms with Gasteiger partial charge in [0.15, 0.2) is 0 Å². The molecule has 0 heterocycles. The SMILES string of the molecule is CCOc1ccccc1C=CCO. The van der Waals surface area contributed by atoms with Gasteiger partial charge >= 0.3 is 0 Å². The van der Waals surface area contributed by atoms with E-state index in [0.717, 1.165) is 11.3 Å². The van der Waals surface area contributed by atoms with Crippen molar-refractivity contribution >= 4 is 6.08 Å². The Hall–Kier alpha value is -1.28. The summed E-state index contributed by atoms with van der Waals surface area (Å²) in [7, 11) is 0. The number of aliphatic hydroxyl groups excluding tert-OH is 1. The maximum absolute atomic E-state index is 8.62. The largest absolute Gasteiger partial charge is 0.493 e. The molecule has 0 bridgehead atoms. The molecule has 0 saturated heterocycles. The molecule has 0 unspecified atom stereocenters. The second kappa shape index (κ2) is 5.38. The molecular formula is C11H14O2. The summed E-state index contributed by atoms with van der Waals surface area (Å²) in [5.41, 5.74) is 0.999. The minimum Gasteiger partial charge on any atom is -0.493 e. The van der Waals surface area contributed by atoms with Gasteiger partial charge in [-0.2, -0.15) is 0 Å². The third-order valence-corrected chi connectivity index (χ3v) is 1.62. The van der Waals surface area contributed by atoms with Crippen LogP contribution in [0.5, 0.6) is 5.75 Å². The molecule has 0 aliphatic heterocycles. The van der Waals surface area contributed by atoms with Gasteiger partial charge in [-0.05, 0) is 13.0 Å². The number of ether oxygens (including phenoxy) is 1. The normalized spacial score (nSPS) is 10.6. The van der Waals surface area contributed by atoms with E-state index in [4.69, 9.17) is 9.84 Å². The number of rotatable bonds is 4. The van der Waals surface area contributed by atoms with E-state index in [-0.39, 0.29) is 6.61 Å². The van der Waals surface area contributed by atoms with Crippen molar-refractivity contribution in [2.45, 2.75) is 6.92 Å². The average Bonchev–Trinajstić information content (AvgIpc) is 2.17. The summed E-state index contributed by atoms with van der Waals surface area (Å²) in [5.74, 6) is 0.856. The van der Waals surface area contributed by atoms with Crippen molar-refractivity contribution in [2.75, 3.05) is 13.2 Å². The van der Waals surface area contributed by atoms with Gasteiger partial charge in [-0.1, -0.05) is 30.4 Å². The van der Waals surface area contributed by atoms with Crippen LogP contribution in [-0.4, -0.2) is 18.3 Å². The molecule has 1 rings (SSSR count). The monoisotopic (exact) mass is 178 g/mol. The molecule has 13 heavy (non-hydrogen) atoms. The van der Waals surface area contributed by atoms with Gasteiger partial charge in [0, 0.05) is 5.56 Å². The summed E-state index contributed by atoms with van der Waals surface area (Å²) in [4.78, 5) is 0. The third-order valence-electron chi connectivity index (χ3n) is 1.62. The zero-order chi connectivity index (χ0) is 9.52. The van der Waals surface area contributed by atoms with E-state index in [9.17, 15) is 0 Å². The van der Waals surface area contributed by atoms with Crippen molar-refractivity contribution in [1.82, 2.24) is 0 Å². The molecular weight excluding hydrogens is 164 g/mol. The van der Waals surface area contributed by atoms with Gasteiger partial charge in [0.1, 0.15) is 5.75 Å². The minimum absolute atomic E-state index is 0.0560. The fourth-order valence-electron chi connectivity index (χ4n) is 1.08. The lowest BCUT2D eigenvalue weighted by atomic mass is 10.2. The van der Waals surface area contributed by atoms with Crippen molar-refractivity contribution in [1.29, 1.82) is 0 Å². The predicted molar refractivity (Wildman–Crippen MR) is 53.7 cm³/mol. The van der Waals surface area contributed by atoms with Crippen LogP contribution >= 0.6 is 0 Å². The highest BCUT2D eigenvalue weighted by molar-refractivity contribution is 5.57. The number of hydrogen-bond donors (Lipinski definition) is 1. The van der Waals surface area contributed by atoms with E-state index < -0.39 is 0 Å². The van der Waals surface area contributed by atoms with Crippen LogP contribution in [0.4, 0.5) is 0 Å². The molecule has 0 amide bonds. The van der Waals surface area contributed by atoms with E-state index >= 15 is 0 Å². The molecule has 0 radical (unpaired) electrons. The Morgan fingerprint density at radius 2 is 2.15 bits per heavy atom. The van der Waals surface area contributed by atoms with E-state index in [1.165, 1.54) is 0 Å². The summed E-state index contributed by atoms with van der Waals surface area (Å²) in [6, 6.07) is 7.75. The molecule has 0 aliphatic rings. The summed E-state index contributed by atoms with van der Waals surface area (Å²) in [6.45, 7) is 2.66. The number of para-hydroxylation sites is 1. The molecule has 1 aromatic carbocycles.